The summed E-state index contributed by atoms with van der Waals surface area (Å²) in [6.45, 7) is 0. The predicted octanol–water partition coefficient (Wildman–Crippen LogP) is 6.06. The molecule has 2 aromatic carbocycles. The highest BCUT2D eigenvalue weighted by Crippen LogP contribution is 2.32. The smallest absolute Gasteiger partial charge is 0.335 e. The third-order valence-electron chi connectivity index (χ3n) is 5.60. The molecule has 0 spiro atoms. The Balaban J connectivity index is 1.49. The van der Waals surface area contributed by atoms with E-state index in [0.29, 0.717) is 5.75 Å². The van der Waals surface area contributed by atoms with E-state index in [9.17, 15) is 19.8 Å². The first-order valence-corrected chi connectivity index (χ1v) is 11.2. The number of carboxylic acids is 2. The van der Waals surface area contributed by atoms with Gasteiger partial charge in [0.2, 0.25) is 0 Å². The van der Waals surface area contributed by atoms with Crippen LogP contribution in [0.1, 0.15) is 20.7 Å². The molecular weight excluding hydrogens is 470 g/mol. The maximum absolute atomic E-state index is 11.4. The number of hydrogen-bond donors (Lipinski definition) is 2. The van der Waals surface area contributed by atoms with Crippen molar-refractivity contribution in [3.8, 4) is 45.1 Å². The van der Waals surface area contributed by atoms with Crippen LogP contribution >= 0.6 is 0 Å². The lowest BCUT2D eigenvalue weighted by Crippen LogP contribution is -2.03. The van der Waals surface area contributed by atoms with Gasteiger partial charge in [0.25, 0.3) is 0 Å². The van der Waals surface area contributed by atoms with Crippen LogP contribution in [0.25, 0.3) is 33.6 Å². The van der Waals surface area contributed by atoms with E-state index in [1.54, 1.807) is 36.9 Å². The Morgan fingerprint density at radius 3 is 1.49 bits per heavy atom. The van der Waals surface area contributed by atoms with Gasteiger partial charge in [-0.05, 0) is 77.9 Å². The third kappa shape index (κ3) is 5.33. The van der Waals surface area contributed by atoms with Crippen molar-refractivity contribution >= 4 is 11.9 Å². The Bertz CT molecular complexity index is 1500. The van der Waals surface area contributed by atoms with Gasteiger partial charge in [-0.1, -0.05) is 12.1 Å². The van der Waals surface area contributed by atoms with E-state index >= 15 is 0 Å². The van der Waals surface area contributed by atoms with E-state index in [0.717, 1.165) is 39.7 Å². The summed E-state index contributed by atoms with van der Waals surface area (Å²) in [4.78, 5) is 35.8. The van der Waals surface area contributed by atoms with Crippen molar-refractivity contribution in [2.75, 3.05) is 0 Å². The van der Waals surface area contributed by atoms with Crippen molar-refractivity contribution in [2.24, 2.45) is 0 Å². The quantitative estimate of drug-likeness (QED) is 0.283. The molecule has 0 aliphatic rings. The number of hydrogen-bond acceptors (Lipinski definition) is 6. The second-order valence-corrected chi connectivity index (χ2v) is 8.08. The molecule has 180 valence electrons. The SMILES string of the molecule is O=C(O)c1cc(Oc2ccc(-c3cc(-c4ccncc4)nc(-c4ccncc4)c3)cc2)cc(C(=O)O)c1. The zero-order valence-corrected chi connectivity index (χ0v) is 19.3. The number of ether oxygens (including phenoxy) is 1. The number of aromatic nitrogens is 3. The minimum Gasteiger partial charge on any atom is -0.478 e. The summed E-state index contributed by atoms with van der Waals surface area (Å²) in [7, 11) is 0. The highest BCUT2D eigenvalue weighted by atomic mass is 16.5. The first-order valence-electron chi connectivity index (χ1n) is 11.2. The molecule has 0 bridgehead atoms. The van der Waals surface area contributed by atoms with Crippen LogP contribution in [0.4, 0.5) is 0 Å². The van der Waals surface area contributed by atoms with Crippen molar-refractivity contribution in [3.05, 3.63) is 115 Å². The summed E-state index contributed by atoms with van der Waals surface area (Å²) in [5.74, 6) is -1.93. The van der Waals surface area contributed by atoms with Gasteiger partial charge in [0, 0.05) is 35.9 Å². The van der Waals surface area contributed by atoms with Crippen molar-refractivity contribution in [3.63, 3.8) is 0 Å². The number of carbonyl (C=O) groups is 2. The molecule has 8 nitrogen and oxygen atoms in total. The number of aromatic carboxylic acids is 2. The van der Waals surface area contributed by atoms with E-state index in [-0.39, 0.29) is 16.9 Å². The fourth-order valence-electron chi connectivity index (χ4n) is 3.79. The molecule has 8 heteroatoms. The highest BCUT2D eigenvalue weighted by Gasteiger charge is 2.13. The van der Waals surface area contributed by atoms with Crippen LogP contribution in [0.15, 0.2) is 104 Å². The molecule has 3 heterocycles. The standard InChI is InChI=1S/C29H19N3O5/c33-28(34)22-13-23(29(35)36)15-25(14-22)37-24-3-1-18(2-4-24)21-16-26(19-5-9-30-10-6-19)32-27(17-21)20-7-11-31-12-8-20/h1-17H,(H,33,34)(H,35,36). The van der Waals surface area contributed by atoms with Crippen LogP contribution in [-0.2, 0) is 0 Å². The Morgan fingerprint density at radius 2 is 1.03 bits per heavy atom. The van der Waals surface area contributed by atoms with Crippen LogP contribution in [-0.4, -0.2) is 37.1 Å². The Morgan fingerprint density at radius 1 is 0.541 bits per heavy atom. The summed E-state index contributed by atoms with van der Waals surface area (Å²) in [6.07, 6.45) is 6.88. The van der Waals surface area contributed by atoms with Crippen molar-refractivity contribution < 1.29 is 24.5 Å². The van der Waals surface area contributed by atoms with E-state index in [2.05, 4.69) is 9.97 Å². The molecule has 37 heavy (non-hydrogen) atoms. The van der Waals surface area contributed by atoms with Gasteiger partial charge in [-0.15, -0.1) is 0 Å². The maximum atomic E-state index is 11.4. The van der Waals surface area contributed by atoms with E-state index < -0.39 is 11.9 Å². The predicted molar refractivity (Wildman–Crippen MR) is 137 cm³/mol. The molecule has 0 saturated carbocycles. The van der Waals surface area contributed by atoms with Gasteiger partial charge in [-0.3, -0.25) is 9.97 Å². The van der Waals surface area contributed by atoms with Gasteiger partial charge < -0.3 is 14.9 Å². The van der Waals surface area contributed by atoms with Crippen LogP contribution in [0.3, 0.4) is 0 Å². The topological polar surface area (TPSA) is 123 Å². The summed E-state index contributed by atoms with van der Waals surface area (Å²) in [5.41, 5.74) is 4.94. The first kappa shape index (κ1) is 23.4. The Hall–Kier alpha value is -5.37. The Kier molecular flexibility index (Phi) is 6.37. The molecule has 0 aliphatic heterocycles. The van der Waals surface area contributed by atoms with E-state index in [1.165, 1.54) is 12.1 Å². The molecule has 0 amide bonds. The lowest BCUT2D eigenvalue weighted by molar-refractivity contribution is 0.0696. The Labute approximate surface area is 211 Å². The highest BCUT2D eigenvalue weighted by molar-refractivity contribution is 5.94. The van der Waals surface area contributed by atoms with Gasteiger partial charge in [-0.2, -0.15) is 0 Å². The molecule has 0 aliphatic carbocycles. The minimum absolute atomic E-state index is 0.119. The van der Waals surface area contributed by atoms with E-state index in [4.69, 9.17) is 9.72 Å². The lowest BCUT2D eigenvalue weighted by Gasteiger charge is -2.11. The van der Waals surface area contributed by atoms with Gasteiger partial charge in [-0.25, -0.2) is 14.6 Å². The third-order valence-corrected chi connectivity index (χ3v) is 5.60. The number of pyridine rings is 3. The molecule has 0 saturated heterocycles. The monoisotopic (exact) mass is 489 g/mol. The fraction of sp³-hybridized carbons (Fsp3) is 0. The average molecular weight is 489 g/mol. The number of nitrogens with zero attached hydrogens (tertiary/aromatic N) is 3. The second kappa shape index (κ2) is 10.1. The fourth-order valence-corrected chi connectivity index (χ4v) is 3.79. The van der Waals surface area contributed by atoms with Gasteiger partial charge in [0.05, 0.1) is 22.5 Å². The largest absolute Gasteiger partial charge is 0.478 e. The van der Waals surface area contributed by atoms with E-state index in [1.807, 2.05) is 48.5 Å². The van der Waals surface area contributed by atoms with Gasteiger partial charge in [0.15, 0.2) is 0 Å². The lowest BCUT2D eigenvalue weighted by atomic mass is 10.0. The number of carboxylic acid groups (broad SMARTS) is 2. The molecule has 0 radical (unpaired) electrons. The molecular formula is C29H19N3O5. The van der Waals surface area contributed by atoms with Crippen LogP contribution in [0.5, 0.6) is 11.5 Å². The molecule has 2 N–H and O–H groups in total. The van der Waals surface area contributed by atoms with Crippen molar-refractivity contribution in [1.29, 1.82) is 0 Å². The number of benzene rings is 2. The van der Waals surface area contributed by atoms with Crippen molar-refractivity contribution in [2.45, 2.75) is 0 Å². The molecule has 0 fully saturated rings. The molecule has 5 rings (SSSR count). The normalized spacial score (nSPS) is 10.6. The first-order chi connectivity index (χ1) is 18.0. The molecule has 5 aromatic rings. The zero-order chi connectivity index (χ0) is 25.8. The maximum Gasteiger partial charge on any atom is 0.335 e. The minimum atomic E-state index is -1.24. The van der Waals surface area contributed by atoms with Crippen molar-refractivity contribution in [1.82, 2.24) is 15.0 Å². The van der Waals surface area contributed by atoms with Crippen LogP contribution in [0, 0.1) is 0 Å². The molecule has 3 aromatic heterocycles. The second-order valence-electron chi connectivity index (χ2n) is 8.08. The number of rotatable bonds is 7. The zero-order valence-electron chi connectivity index (χ0n) is 19.3. The van der Waals surface area contributed by atoms with Crippen LogP contribution in [0.2, 0.25) is 0 Å². The molecule has 0 atom stereocenters. The van der Waals surface area contributed by atoms with Gasteiger partial charge >= 0.3 is 11.9 Å². The summed E-state index contributed by atoms with van der Waals surface area (Å²) in [6, 6.07) is 22.5. The summed E-state index contributed by atoms with van der Waals surface area (Å²) < 4.78 is 5.78. The molecule has 0 unspecified atom stereocenters. The van der Waals surface area contributed by atoms with Gasteiger partial charge in [0.1, 0.15) is 11.5 Å². The van der Waals surface area contributed by atoms with Crippen LogP contribution < -0.4 is 4.74 Å². The summed E-state index contributed by atoms with van der Waals surface area (Å²) >= 11 is 0. The summed E-state index contributed by atoms with van der Waals surface area (Å²) in [5, 5.41) is 18.6. The average Bonchev–Trinajstić information content (AvgIpc) is 2.94.